The second kappa shape index (κ2) is 8.62. The fraction of sp³-hybridized carbons (Fsp3) is 0.200. The number of benzene rings is 1. The molecule has 152 valence electrons. The number of nitrogens with zero attached hydrogens (tertiary/aromatic N) is 1. The molecule has 2 aromatic heterocycles. The van der Waals surface area contributed by atoms with Crippen molar-refractivity contribution in [1.29, 1.82) is 0 Å². The van der Waals surface area contributed by atoms with E-state index in [0.29, 0.717) is 22.8 Å². The standard InChI is InChI=1S/C20H21N3O4S2/c1-4-15-5-7-16(8-6-15)23-29(25,26)19-12-10-17(28-19)9-11-18-20(21-14(3)24)13(2)22-27-18/h5-12,23H,4H2,1-3H3,(H,21,24). The van der Waals surface area contributed by atoms with Gasteiger partial charge in [-0.1, -0.05) is 24.2 Å². The highest BCUT2D eigenvalue weighted by Crippen LogP contribution is 2.27. The normalized spacial score (nSPS) is 11.7. The van der Waals surface area contributed by atoms with Gasteiger partial charge in [-0.15, -0.1) is 11.3 Å². The molecular weight excluding hydrogens is 410 g/mol. The van der Waals surface area contributed by atoms with E-state index in [1.807, 2.05) is 19.1 Å². The minimum atomic E-state index is -3.67. The van der Waals surface area contributed by atoms with Gasteiger partial charge in [0.15, 0.2) is 5.76 Å². The van der Waals surface area contributed by atoms with Crippen molar-refractivity contribution in [2.75, 3.05) is 10.0 Å². The highest BCUT2D eigenvalue weighted by atomic mass is 32.2. The number of carbonyl (C=O) groups is 1. The molecule has 0 radical (unpaired) electrons. The number of rotatable bonds is 7. The Labute approximate surface area is 173 Å². The van der Waals surface area contributed by atoms with Crippen molar-refractivity contribution >= 4 is 50.8 Å². The molecule has 0 aliphatic carbocycles. The first kappa shape index (κ1) is 20.8. The van der Waals surface area contributed by atoms with Crippen LogP contribution >= 0.6 is 11.3 Å². The summed E-state index contributed by atoms with van der Waals surface area (Å²) in [5.41, 5.74) is 2.71. The van der Waals surface area contributed by atoms with Crippen molar-refractivity contribution in [3.05, 3.63) is 58.3 Å². The maximum absolute atomic E-state index is 12.6. The fourth-order valence-electron chi connectivity index (χ4n) is 2.57. The van der Waals surface area contributed by atoms with Crippen LogP contribution < -0.4 is 10.0 Å². The van der Waals surface area contributed by atoms with Crippen LogP contribution in [0.15, 0.2) is 45.1 Å². The van der Waals surface area contributed by atoms with Crippen molar-refractivity contribution in [2.45, 2.75) is 31.4 Å². The van der Waals surface area contributed by atoms with Crippen LogP contribution in [0.2, 0.25) is 0 Å². The van der Waals surface area contributed by atoms with Crippen LogP contribution in [0.3, 0.4) is 0 Å². The van der Waals surface area contributed by atoms with E-state index in [2.05, 4.69) is 15.2 Å². The van der Waals surface area contributed by atoms with Gasteiger partial charge in [0.1, 0.15) is 15.6 Å². The second-order valence-corrected chi connectivity index (χ2v) is 9.36. The minimum absolute atomic E-state index is 0.201. The van der Waals surface area contributed by atoms with E-state index in [9.17, 15) is 13.2 Å². The Balaban J connectivity index is 1.76. The molecule has 1 amide bonds. The smallest absolute Gasteiger partial charge is 0.271 e. The third kappa shape index (κ3) is 5.12. The van der Waals surface area contributed by atoms with Gasteiger partial charge >= 0.3 is 0 Å². The van der Waals surface area contributed by atoms with Gasteiger partial charge in [-0.2, -0.15) is 0 Å². The summed E-state index contributed by atoms with van der Waals surface area (Å²) < 4.78 is 33.2. The van der Waals surface area contributed by atoms with Gasteiger partial charge in [0.05, 0.1) is 0 Å². The van der Waals surface area contributed by atoms with Gasteiger partial charge in [0, 0.05) is 17.5 Å². The number of anilines is 2. The van der Waals surface area contributed by atoms with Crippen molar-refractivity contribution in [2.24, 2.45) is 0 Å². The number of hydrogen-bond acceptors (Lipinski definition) is 6. The summed E-state index contributed by atoms with van der Waals surface area (Å²) in [6, 6.07) is 10.5. The van der Waals surface area contributed by atoms with Crippen LogP contribution in [0, 0.1) is 6.92 Å². The first-order valence-electron chi connectivity index (χ1n) is 8.92. The lowest BCUT2D eigenvalue weighted by molar-refractivity contribution is -0.114. The van der Waals surface area contributed by atoms with Gasteiger partial charge in [0.2, 0.25) is 5.91 Å². The largest absolute Gasteiger partial charge is 0.354 e. The van der Waals surface area contributed by atoms with Gasteiger partial charge < -0.3 is 9.84 Å². The lowest BCUT2D eigenvalue weighted by Crippen LogP contribution is -2.11. The Morgan fingerprint density at radius 1 is 1.17 bits per heavy atom. The molecule has 3 aromatic rings. The molecule has 0 aliphatic rings. The summed E-state index contributed by atoms with van der Waals surface area (Å²) in [7, 11) is -3.67. The van der Waals surface area contributed by atoms with E-state index in [1.165, 1.54) is 6.92 Å². The minimum Gasteiger partial charge on any atom is -0.354 e. The highest BCUT2D eigenvalue weighted by molar-refractivity contribution is 7.94. The van der Waals surface area contributed by atoms with E-state index in [4.69, 9.17) is 4.52 Å². The number of carbonyl (C=O) groups excluding carboxylic acids is 1. The van der Waals surface area contributed by atoms with E-state index in [0.717, 1.165) is 28.2 Å². The number of nitrogens with one attached hydrogen (secondary N) is 2. The maximum atomic E-state index is 12.6. The van der Waals surface area contributed by atoms with Crippen molar-refractivity contribution in [1.82, 2.24) is 5.16 Å². The molecule has 29 heavy (non-hydrogen) atoms. The Hall–Kier alpha value is -2.91. The molecule has 3 rings (SSSR count). The Morgan fingerprint density at radius 2 is 1.90 bits per heavy atom. The summed E-state index contributed by atoms with van der Waals surface area (Å²) >= 11 is 1.13. The van der Waals surface area contributed by atoms with Crippen LogP contribution in [0.1, 0.15) is 35.7 Å². The van der Waals surface area contributed by atoms with E-state index >= 15 is 0 Å². The summed E-state index contributed by atoms with van der Waals surface area (Å²) in [4.78, 5) is 12.0. The molecule has 0 spiro atoms. The average Bonchev–Trinajstić information content (AvgIpc) is 3.28. The molecule has 9 heteroatoms. The SMILES string of the molecule is CCc1ccc(NS(=O)(=O)c2ccc(C=Cc3onc(C)c3NC(C)=O)s2)cc1. The number of amides is 1. The zero-order valence-electron chi connectivity index (χ0n) is 16.2. The summed E-state index contributed by atoms with van der Waals surface area (Å²) in [6.07, 6.45) is 4.25. The predicted octanol–water partition coefficient (Wildman–Crippen LogP) is 4.54. The number of aromatic nitrogens is 1. The van der Waals surface area contributed by atoms with Gasteiger partial charge in [-0.25, -0.2) is 8.42 Å². The first-order chi connectivity index (χ1) is 13.8. The third-order valence-corrected chi connectivity index (χ3v) is 6.99. The van der Waals surface area contributed by atoms with Crippen LogP contribution in [-0.2, 0) is 21.2 Å². The van der Waals surface area contributed by atoms with Gasteiger partial charge in [0.25, 0.3) is 10.0 Å². The van der Waals surface area contributed by atoms with Crippen LogP contribution in [0.5, 0.6) is 0 Å². The van der Waals surface area contributed by atoms with Crippen molar-refractivity contribution < 1.29 is 17.7 Å². The van der Waals surface area contributed by atoms with Crippen LogP contribution in [-0.4, -0.2) is 19.5 Å². The number of hydrogen-bond donors (Lipinski definition) is 2. The zero-order valence-corrected chi connectivity index (χ0v) is 17.9. The molecule has 2 heterocycles. The maximum Gasteiger partial charge on any atom is 0.271 e. The van der Waals surface area contributed by atoms with Crippen molar-refractivity contribution in [3.8, 4) is 0 Å². The summed E-state index contributed by atoms with van der Waals surface area (Å²) in [5.74, 6) is 0.165. The lowest BCUT2D eigenvalue weighted by Gasteiger charge is -2.06. The molecule has 2 N–H and O–H groups in total. The Bertz CT molecular complexity index is 1140. The van der Waals surface area contributed by atoms with Gasteiger partial charge in [-0.3, -0.25) is 9.52 Å². The number of sulfonamides is 1. The van der Waals surface area contributed by atoms with E-state index in [-0.39, 0.29) is 10.1 Å². The molecule has 1 aromatic carbocycles. The average molecular weight is 432 g/mol. The molecular formula is C20H21N3O4S2. The summed E-state index contributed by atoms with van der Waals surface area (Å²) in [5, 5.41) is 6.52. The topological polar surface area (TPSA) is 101 Å². The molecule has 0 unspecified atom stereocenters. The molecule has 0 atom stereocenters. The van der Waals surface area contributed by atoms with Crippen LogP contribution in [0.25, 0.3) is 12.2 Å². The molecule has 0 bridgehead atoms. The predicted molar refractivity (Wildman–Crippen MR) is 115 cm³/mol. The van der Waals surface area contributed by atoms with Crippen LogP contribution in [0.4, 0.5) is 11.4 Å². The molecule has 7 nitrogen and oxygen atoms in total. The monoisotopic (exact) mass is 431 g/mol. The molecule has 0 saturated heterocycles. The third-order valence-electron chi connectivity index (χ3n) is 4.07. The van der Waals surface area contributed by atoms with Gasteiger partial charge in [-0.05, 0) is 55.3 Å². The van der Waals surface area contributed by atoms with Crippen molar-refractivity contribution in [3.63, 3.8) is 0 Å². The summed E-state index contributed by atoms with van der Waals surface area (Å²) in [6.45, 7) is 5.17. The zero-order chi connectivity index (χ0) is 21.0. The van der Waals surface area contributed by atoms with E-state index < -0.39 is 10.0 Å². The fourth-order valence-corrected chi connectivity index (χ4v) is 4.86. The van der Waals surface area contributed by atoms with E-state index in [1.54, 1.807) is 43.3 Å². The number of aryl methyl sites for hydroxylation is 2. The second-order valence-electron chi connectivity index (χ2n) is 6.33. The Kier molecular flexibility index (Phi) is 6.19. The highest BCUT2D eigenvalue weighted by Gasteiger charge is 2.17. The quantitative estimate of drug-likeness (QED) is 0.572. The molecule has 0 saturated carbocycles. The molecule has 0 aliphatic heterocycles. The first-order valence-corrected chi connectivity index (χ1v) is 11.2. The molecule has 0 fully saturated rings. The Morgan fingerprint density at radius 3 is 2.55 bits per heavy atom. The lowest BCUT2D eigenvalue weighted by atomic mass is 10.2. The number of thiophene rings is 1.